The van der Waals surface area contributed by atoms with E-state index in [0.717, 1.165) is 12.1 Å². The topological polar surface area (TPSA) is 12.0 Å². The Morgan fingerprint density at radius 3 is 2.86 bits per heavy atom. The number of rotatable bonds is 4. The van der Waals surface area contributed by atoms with E-state index in [1.165, 1.54) is 6.07 Å². The first-order valence-electron chi connectivity index (χ1n) is 4.81. The zero-order valence-corrected chi connectivity index (χ0v) is 8.68. The predicted molar refractivity (Wildman–Crippen MR) is 57.8 cm³/mol. The fraction of sp³-hybridized carbons (Fsp3) is 0.333. The van der Waals surface area contributed by atoms with Crippen LogP contribution in [0.1, 0.15) is 24.1 Å². The maximum atomic E-state index is 13.4. The first-order chi connectivity index (χ1) is 6.69. The van der Waals surface area contributed by atoms with Gasteiger partial charge in [0.1, 0.15) is 5.82 Å². The Morgan fingerprint density at radius 2 is 2.29 bits per heavy atom. The highest BCUT2D eigenvalue weighted by Crippen LogP contribution is 2.19. The molecule has 1 nitrogen and oxygen atoms in total. The number of likely N-dealkylation sites (N-methyl/N-ethyl adjacent to an activating group) is 1. The van der Waals surface area contributed by atoms with E-state index in [1.807, 2.05) is 19.9 Å². The molecule has 76 valence electrons. The normalized spacial score (nSPS) is 12.5. The number of aryl methyl sites for hydroxylation is 1. The lowest BCUT2D eigenvalue weighted by molar-refractivity contribution is 0.566. The predicted octanol–water partition coefficient (Wildman–Crippen LogP) is 2.97. The van der Waals surface area contributed by atoms with Crippen LogP contribution in [0.25, 0.3) is 0 Å². The maximum absolute atomic E-state index is 13.4. The molecule has 0 amide bonds. The SMILES string of the molecule is C=CC(NCC)c1cc(C)ccc1F. The maximum Gasteiger partial charge on any atom is 0.128 e. The van der Waals surface area contributed by atoms with Crippen LogP contribution in [-0.2, 0) is 0 Å². The second-order valence-corrected chi connectivity index (χ2v) is 3.30. The molecule has 0 heterocycles. The zero-order valence-electron chi connectivity index (χ0n) is 8.68. The van der Waals surface area contributed by atoms with Crippen LogP contribution in [0.4, 0.5) is 4.39 Å². The van der Waals surface area contributed by atoms with E-state index in [1.54, 1.807) is 12.1 Å². The van der Waals surface area contributed by atoms with Crippen molar-refractivity contribution in [2.24, 2.45) is 0 Å². The van der Waals surface area contributed by atoms with Gasteiger partial charge in [-0.3, -0.25) is 0 Å². The number of hydrogen-bond acceptors (Lipinski definition) is 1. The van der Waals surface area contributed by atoms with Crippen molar-refractivity contribution in [3.05, 3.63) is 47.8 Å². The van der Waals surface area contributed by atoms with Gasteiger partial charge in [-0.05, 0) is 19.5 Å². The summed E-state index contributed by atoms with van der Waals surface area (Å²) in [5.74, 6) is -0.179. The Hall–Kier alpha value is -1.15. The largest absolute Gasteiger partial charge is 0.307 e. The minimum Gasteiger partial charge on any atom is -0.307 e. The smallest absolute Gasteiger partial charge is 0.128 e. The fourth-order valence-corrected chi connectivity index (χ4v) is 1.44. The molecule has 0 radical (unpaired) electrons. The van der Waals surface area contributed by atoms with E-state index in [-0.39, 0.29) is 11.9 Å². The molecule has 1 aromatic rings. The van der Waals surface area contributed by atoms with Crippen LogP contribution in [0, 0.1) is 12.7 Å². The molecule has 1 rings (SSSR count). The van der Waals surface area contributed by atoms with E-state index in [2.05, 4.69) is 11.9 Å². The third kappa shape index (κ3) is 2.42. The fourth-order valence-electron chi connectivity index (χ4n) is 1.44. The van der Waals surface area contributed by atoms with Gasteiger partial charge in [0.2, 0.25) is 0 Å². The van der Waals surface area contributed by atoms with Crippen LogP contribution in [0.2, 0.25) is 0 Å². The van der Waals surface area contributed by atoms with E-state index in [4.69, 9.17) is 0 Å². The summed E-state index contributed by atoms with van der Waals surface area (Å²) in [6.07, 6.45) is 1.72. The first-order valence-corrected chi connectivity index (χ1v) is 4.81. The van der Waals surface area contributed by atoms with E-state index < -0.39 is 0 Å². The molecule has 1 unspecified atom stereocenters. The molecule has 0 aromatic heterocycles. The molecular formula is C12H16FN. The summed E-state index contributed by atoms with van der Waals surface area (Å²) in [7, 11) is 0. The molecule has 1 aromatic carbocycles. The number of benzene rings is 1. The van der Waals surface area contributed by atoms with Crippen molar-refractivity contribution in [1.29, 1.82) is 0 Å². The highest BCUT2D eigenvalue weighted by molar-refractivity contribution is 5.29. The quantitative estimate of drug-likeness (QED) is 0.725. The van der Waals surface area contributed by atoms with Gasteiger partial charge in [-0.15, -0.1) is 6.58 Å². The second-order valence-electron chi connectivity index (χ2n) is 3.30. The molecule has 1 atom stereocenters. The Kier molecular flexibility index (Phi) is 3.84. The summed E-state index contributed by atoms with van der Waals surface area (Å²) in [4.78, 5) is 0. The first kappa shape index (κ1) is 10.9. The van der Waals surface area contributed by atoms with Crippen molar-refractivity contribution in [2.75, 3.05) is 6.54 Å². The van der Waals surface area contributed by atoms with E-state index >= 15 is 0 Å². The van der Waals surface area contributed by atoms with Crippen LogP contribution in [0.3, 0.4) is 0 Å². The zero-order chi connectivity index (χ0) is 10.6. The molecule has 0 aliphatic rings. The standard InChI is InChI=1S/C12H16FN/c1-4-12(14-5-2)10-8-9(3)6-7-11(10)13/h4,6-8,12,14H,1,5H2,2-3H3. The van der Waals surface area contributed by atoms with Gasteiger partial charge in [-0.1, -0.05) is 30.7 Å². The Balaban J connectivity index is 3.01. The summed E-state index contributed by atoms with van der Waals surface area (Å²) >= 11 is 0. The number of nitrogens with one attached hydrogen (secondary N) is 1. The van der Waals surface area contributed by atoms with Crippen LogP contribution < -0.4 is 5.32 Å². The van der Waals surface area contributed by atoms with Gasteiger partial charge in [-0.25, -0.2) is 4.39 Å². The lowest BCUT2D eigenvalue weighted by Gasteiger charge is -2.15. The van der Waals surface area contributed by atoms with Gasteiger partial charge in [0.15, 0.2) is 0 Å². The third-order valence-electron chi connectivity index (χ3n) is 2.15. The van der Waals surface area contributed by atoms with Gasteiger partial charge < -0.3 is 5.32 Å². The van der Waals surface area contributed by atoms with Gasteiger partial charge in [0.05, 0.1) is 6.04 Å². The summed E-state index contributed by atoms with van der Waals surface area (Å²) < 4.78 is 13.4. The Morgan fingerprint density at radius 1 is 1.57 bits per heavy atom. The highest BCUT2D eigenvalue weighted by atomic mass is 19.1. The molecule has 0 spiro atoms. The average molecular weight is 193 g/mol. The Labute approximate surface area is 84.6 Å². The minimum atomic E-state index is -0.179. The molecule has 0 fully saturated rings. The lowest BCUT2D eigenvalue weighted by Crippen LogP contribution is -2.19. The van der Waals surface area contributed by atoms with E-state index in [9.17, 15) is 4.39 Å². The molecule has 0 saturated carbocycles. The third-order valence-corrected chi connectivity index (χ3v) is 2.15. The molecule has 0 saturated heterocycles. The summed E-state index contributed by atoms with van der Waals surface area (Å²) in [5.41, 5.74) is 1.73. The number of hydrogen-bond donors (Lipinski definition) is 1. The van der Waals surface area contributed by atoms with Crippen molar-refractivity contribution in [3.8, 4) is 0 Å². The second kappa shape index (κ2) is 4.91. The van der Waals surface area contributed by atoms with Crippen molar-refractivity contribution >= 4 is 0 Å². The van der Waals surface area contributed by atoms with Crippen molar-refractivity contribution in [1.82, 2.24) is 5.32 Å². The highest BCUT2D eigenvalue weighted by Gasteiger charge is 2.10. The summed E-state index contributed by atoms with van der Waals surface area (Å²) in [6, 6.07) is 5.02. The minimum absolute atomic E-state index is 0.0973. The lowest BCUT2D eigenvalue weighted by atomic mass is 10.0. The Bertz CT molecular complexity index is 320. The molecule has 2 heteroatoms. The number of halogens is 1. The van der Waals surface area contributed by atoms with Gasteiger partial charge in [-0.2, -0.15) is 0 Å². The average Bonchev–Trinajstić information content (AvgIpc) is 2.18. The van der Waals surface area contributed by atoms with Crippen LogP contribution in [0.5, 0.6) is 0 Å². The molecule has 1 N–H and O–H groups in total. The van der Waals surface area contributed by atoms with Crippen molar-refractivity contribution in [3.63, 3.8) is 0 Å². The van der Waals surface area contributed by atoms with Crippen LogP contribution >= 0.6 is 0 Å². The van der Waals surface area contributed by atoms with Crippen LogP contribution in [-0.4, -0.2) is 6.54 Å². The summed E-state index contributed by atoms with van der Waals surface area (Å²) in [6.45, 7) is 8.44. The molecule has 14 heavy (non-hydrogen) atoms. The van der Waals surface area contributed by atoms with Gasteiger partial charge in [0, 0.05) is 5.56 Å². The van der Waals surface area contributed by atoms with Crippen molar-refractivity contribution in [2.45, 2.75) is 19.9 Å². The molecule has 0 bridgehead atoms. The van der Waals surface area contributed by atoms with Crippen LogP contribution in [0.15, 0.2) is 30.9 Å². The summed E-state index contributed by atoms with van der Waals surface area (Å²) in [5, 5.41) is 3.16. The van der Waals surface area contributed by atoms with E-state index in [0.29, 0.717) is 5.56 Å². The molecule has 0 aliphatic carbocycles. The monoisotopic (exact) mass is 193 g/mol. The van der Waals surface area contributed by atoms with Gasteiger partial charge in [0.25, 0.3) is 0 Å². The molecular weight excluding hydrogens is 177 g/mol. The van der Waals surface area contributed by atoms with Gasteiger partial charge >= 0.3 is 0 Å². The van der Waals surface area contributed by atoms with Crippen molar-refractivity contribution < 1.29 is 4.39 Å². The molecule has 0 aliphatic heterocycles.